The summed E-state index contributed by atoms with van der Waals surface area (Å²) in [7, 11) is 1.65. The SMILES string of the molecule is COc1ccc(C2OC2C(=O)OC2CCCC2)cc1C. The summed E-state index contributed by atoms with van der Waals surface area (Å²) in [5.74, 6) is 0.634. The monoisotopic (exact) mass is 276 g/mol. The maximum atomic E-state index is 12.0. The van der Waals surface area contributed by atoms with E-state index in [0.717, 1.165) is 42.6 Å². The van der Waals surface area contributed by atoms with Crippen LogP contribution in [0.15, 0.2) is 18.2 Å². The number of rotatable bonds is 4. The fourth-order valence-electron chi connectivity index (χ4n) is 2.86. The Morgan fingerprint density at radius 1 is 1.30 bits per heavy atom. The molecule has 0 spiro atoms. The fourth-order valence-corrected chi connectivity index (χ4v) is 2.86. The van der Waals surface area contributed by atoms with E-state index < -0.39 is 6.10 Å². The third-order valence-corrected chi connectivity index (χ3v) is 4.06. The van der Waals surface area contributed by atoms with Gasteiger partial charge >= 0.3 is 5.97 Å². The molecule has 108 valence electrons. The zero-order chi connectivity index (χ0) is 14.1. The highest BCUT2D eigenvalue weighted by atomic mass is 16.6. The van der Waals surface area contributed by atoms with Gasteiger partial charge in [0.2, 0.25) is 0 Å². The summed E-state index contributed by atoms with van der Waals surface area (Å²) >= 11 is 0. The first kappa shape index (κ1) is 13.4. The first-order chi connectivity index (χ1) is 9.69. The highest BCUT2D eigenvalue weighted by Crippen LogP contribution is 2.41. The standard InChI is InChI=1S/C16H20O4/c1-10-9-11(7-8-13(10)18-2)14-15(20-14)16(17)19-12-5-3-4-6-12/h7-9,12,14-15H,3-6H2,1-2H3. The van der Waals surface area contributed by atoms with Crippen LogP contribution in [0.2, 0.25) is 0 Å². The molecule has 1 heterocycles. The van der Waals surface area contributed by atoms with Gasteiger partial charge in [0, 0.05) is 0 Å². The highest BCUT2D eigenvalue weighted by Gasteiger charge is 2.48. The molecule has 1 saturated carbocycles. The number of methoxy groups -OCH3 is 1. The third kappa shape index (κ3) is 2.66. The van der Waals surface area contributed by atoms with Crippen molar-refractivity contribution in [2.75, 3.05) is 7.11 Å². The van der Waals surface area contributed by atoms with Crippen LogP contribution in [0.1, 0.15) is 42.9 Å². The molecule has 4 nitrogen and oxygen atoms in total. The molecule has 2 unspecified atom stereocenters. The Morgan fingerprint density at radius 3 is 2.70 bits per heavy atom. The van der Waals surface area contributed by atoms with Crippen LogP contribution in [0.3, 0.4) is 0 Å². The van der Waals surface area contributed by atoms with Gasteiger partial charge in [0.05, 0.1) is 7.11 Å². The Hall–Kier alpha value is -1.55. The molecule has 2 aliphatic rings. The van der Waals surface area contributed by atoms with E-state index in [-0.39, 0.29) is 18.2 Å². The summed E-state index contributed by atoms with van der Waals surface area (Å²) in [4.78, 5) is 12.0. The van der Waals surface area contributed by atoms with Crippen molar-refractivity contribution >= 4 is 5.97 Å². The van der Waals surface area contributed by atoms with Gasteiger partial charge in [-0.05, 0) is 55.9 Å². The normalized spacial score (nSPS) is 25.5. The maximum Gasteiger partial charge on any atom is 0.338 e. The van der Waals surface area contributed by atoms with Gasteiger partial charge < -0.3 is 14.2 Å². The Kier molecular flexibility index (Phi) is 3.66. The van der Waals surface area contributed by atoms with E-state index in [9.17, 15) is 4.79 Å². The predicted molar refractivity (Wildman–Crippen MR) is 73.7 cm³/mol. The largest absolute Gasteiger partial charge is 0.496 e. The van der Waals surface area contributed by atoms with Gasteiger partial charge in [0.25, 0.3) is 0 Å². The van der Waals surface area contributed by atoms with Gasteiger partial charge in [-0.15, -0.1) is 0 Å². The molecule has 20 heavy (non-hydrogen) atoms. The zero-order valence-electron chi connectivity index (χ0n) is 11.9. The van der Waals surface area contributed by atoms with E-state index >= 15 is 0 Å². The molecule has 4 heteroatoms. The van der Waals surface area contributed by atoms with E-state index in [2.05, 4.69) is 0 Å². The molecular weight excluding hydrogens is 256 g/mol. The van der Waals surface area contributed by atoms with Crippen LogP contribution in [-0.2, 0) is 14.3 Å². The summed E-state index contributed by atoms with van der Waals surface area (Å²) in [5.41, 5.74) is 2.06. The molecule has 0 radical (unpaired) electrons. The van der Waals surface area contributed by atoms with Gasteiger partial charge in [-0.25, -0.2) is 4.79 Å². The molecule has 1 aromatic carbocycles. The van der Waals surface area contributed by atoms with Crippen molar-refractivity contribution in [3.63, 3.8) is 0 Å². The first-order valence-electron chi connectivity index (χ1n) is 7.19. The second-order valence-electron chi connectivity index (χ2n) is 5.55. The average molecular weight is 276 g/mol. The van der Waals surface area contributed by atoms with Crippen molar-refractivity contribution < 1.29 is 19.0 Å². The number of hydrogen-bond donors (Lipinski definition) is 0. The van der Waals surface area contributed by atoms with E-state index in [1.54, 1.807) is 7.11 Å². The molecule has 0 N–H and O–H groups in total. The quantitative estimate of drug-likeness (QED) is 0.626. The maximum absolute atomic E-state index is 12.0. The lowest BCUT2D eigenvalue weighted by Gasteiger charge is -2.09. The van der Waals surface area contributed by atoms with Gasteiger partial charge in [-0.1, -0.05) is 6.07 Å². The van der Waals surface area contributed by atoms with Gasteiger partial charge in [0.1, 0.15) is 18.0 Å². The summed E-state index contributed by atoms with van der Waals surface area (Å²) in [6.45, 7) is 1.98. The van der Waals surface area contributed by atoms with Crippen molar-refractivity contribution in [2.24, 2.45) is 0 Å². The number of esters is 1. The molecule has 0 amide bonds. The smallest absolute Gasteiger partial charge is 0.338 e. The lowest BCUT2D eigenvalue weighted by atomic mass is 10.1. The minimum absolute atomic E-state index is 0.102. The lowest BCUT2D eigenvalue weighted by Crippen LogP contribution is -2.19. The highest BCUT2D eigenvalue weighted by molar-refractivity contribution is 5.78. The van der Waals surface area contributed by atoms with E-state index in [1.165, 1.54) is 0 Å². The number of ether oxygens (including phenoxy) is 3. The second-order valence-corrected chi connectivity index (χ2v) is 5.55. The van der Waals surface area contributed by atoms with E-state index in [0.29, 0.717) is 0 Å². The molecule has 2 atom stereocenters. The number of carbonyl (C=O) groups is 1. The van der Waals surface area contributed by atoms with Crippen molar-refractivity contribution in [1.82, 2.24) is 0 Å². The summed E-state index contributed by atoms with van der Waals surface area (Å²) < 4.78 is 16.2. The number of epoxide rings is 1. The predicted octanol–water partition coefficient (Wildman–Crippen LogP) is 2.93. The molecule has 1 saturated heterocycles. The van der Waals surface area contributed by atoms with Gasteiger partial charge in [0.15, 0.2) is 6.10 Å². The minimum atomic E-state index is -0.427. The Bertz CT molecular complexity index is 505. The van der Waals surface area contributed by atoms with Crippen LogP contribution >= 0.6 is 0 Å². The Balaban J connectivity index is 1.60. The summed E-state index contributed by atoms with van der Waals surface area (Å²) in [6.07, 6.45) is 3.81. The molecule has 0 aromatic heterocycles. The van der Waals surface area contributed by atoms with Crippen LogP contribution in [-0.4, -0.2) is 25.3 Å². The summed E-state index contributed by atoms with van der Waals surface area (Å²) in [5, 5.41) is 0. The van der Waals surface area contributed by atoms with Crippen LogP contribution < -0.4 is 4.74 Å². The van der Waals surface area contributed by atoms with E-state index in [4.69, 9.17) is 14.2 Å². The number of aryl methyl sites for hydroxylation is 1. The van der Waals surface area contributed by atoms with Crippen molar-refractivity contribution in [3.8, 4) is 5.75 Å². The zero-order valence-corrected chi connectivity index (χ0v) is 11.9. The van der Waals surface area contributed by atoms with Crippen LogP contribution in [0, 0.1) is 6.92 Å². The van der Waals surface area contributed by atoms with E-state index in [1.807, 2.05) is 25.1 Å². The topological polar surface area (TPSA) is 48.1 Å². The average Bonchev–Trinajstić information content (AvgIpc) is 3.09. The third-order valence-electron chi connectivity index (χ3n) is 4.06. The van der Waals surface area contributed by atoms with Crippen LogP contribution in [0.4, 0.5) is 0 Å². The molecule has 0 bridgehead atoms. The molecular formula is C16H20O4. The van der Waals surface area contributed by atoms with Gasteiger partial charge in [-0.3, -0.25) is 0 Å². The molecule has 3 rings (SSSR count). The number of carbonyl (C=O) groups excluding carboxylic acids is 1. The Morgan fingerprint density at radius 2 is 2.05 bits per heavy atom. The molecule has 1 aliphatic heterocycles. The molecule has 1 aromatic rings. The van der Waals surface area contributed by atoms with Crippen molar-refractivity contribution in [2.45, 2.75) is 50.9 Å². The molecule has 1 aliphatic carbocycles. The Labute approximate surface area is 119 Å². The lowest BCUT2D eigenvalue weighted by molar-refractivity contribution is -0.150. The minimum Gasteiger partial charge on any atom is -0.496 e. The first-order valence-corrected chi connectivity index (χ1v) is 7.19. The fraction of sp³-hybridized carbons (Fsp3) is 0.562. The number of benzene rings is 1. The molecule has 2 fully saturated rings. The van der Waals surface area contributed by atoms with Crippen molar-refractivity contribution in [1.29, 1.82) is 0 Å². The van der Waals surface area contributed by atoms with Crippen LogP contribution in [0.25, 0.3) is 0 Å². The second kappa shape index (κ2) is 5.44. The summed E-state index contributed by atoms with van der Waals surface area (Å²) in [6, 6.07) is 5.86. The van der Waals surface area contributed by atoms with Crippen LogP contribution in [0.5, 0.6) is 5.75 Å². The van der Waals surface area contributed by atoms with Crippen molar-refractivity contribution in [3.05, 3.63) is 29.3 Å². The number of hydrogen-bond acceptors (Lipinski definition) is 4. The van der Waals surface area contributed by atoms with Gasteiger partial charge in [-0.2, -0.15) is 0 Å².